The standard InChI is InChI=1S/C9H9ClN4O3S2/c1-17-7-3-2-5(10)4-6(7)14-19(15,16)9-13-12-8(11)18-9/h2-4,14H,1H3,(H2,11,12). The van der Waals surface area contributed by atoms with E-state index in [1.807, 2.05) is 0 Å². The predicted octanol–water partition coefficient (Wildman–Crippen LogP) is 1.58. The number of hydrogen-bond donors (Lipinski definition) is 2. The lowest BCUT2D eigenvalue weighted by Gasteiger charge is -2.10. The fraction of sp³-hybridized carbons (Fsp3) is 0.111. The van der Waals surface area contributed by atoms with Gasteiger partial charge in [-0.15, -0.1) is 10.2 Å². The number of aromatic nitrogens is 2. The average Bonchev–Trinajstić information content (AvgIpc) is 2.76. The molecule has 102 valence electrons. The third-order valence-electron chi connectivity index (χ3n) is 2.06. The number of nitrogen functional groups attached to an aromatic ring is 1. The first-order chi connectivity index (χ1) is 8.92. The van der Waals surface area contributed by atoms with Crippen molar-refractivity contribution in [3.8, 4) is 5.75 Å². The predicted molar refractivity (Wildman–Crippen MR) is 73.1 cm³/mol. The molecule has 0 amide bonds. The summed E-state index contributed by atoms with van der Waals surface area (Å²) >= 11 is 6.58. The zero-order chi connectivity index (χ0) is 14.0. The molecule has 1 aromatic carbocycles. The van der Waals surface area contributed by atoms with E-state index in [1.54, 1.807) is 12.1 Å². The number of methoxy groups -OCH3 is 1. The fourth-order valence-electron chi connectivity index (χ4n) is 1.28. The normalized spacial score (nSPS) is 11.3. The smallest absolute Gasteiger partial charge is 0.291 e. The van der Waals surface area contributed by atoms with Crippen LogP contribution in [0.25, 0.3) is 0 Å². The number of benzene rings is 1. The van der Waals surface area contributed by atoms with Gasteiger partial charge in [-0.3, -0.25) is 4.72 Å². The maximum absolute atomic E-state index is 12.0. The lowest BCUT2D eigenvalue weighted by Crippen LogP contribution is -2.13. The molecule has 1 heterocycles. The summed E-state index contributed by atoms with van der Waals surface area (Å²) in [6.07, 6.45) is 0. The number of nitrogens with two attached hydrogens (primary N) is 1. The van der Waals surface area contributed by atoms with Gasteiger partial charge < -0.3 is 10.5 Å². The average molecular weight is 321 g/mol. The fourth-order valence-corrected chi connectivity index (χ4v) is 3.30. The minimum absolute atomic E-state index is 0.0680. The Labute approximate surface area is 118 Å². The first-order valence-electron chi connectivity index (χ1n) is 4.88. The quantitative estimate of drug-likeness (QED) is 0.885. The van der Waals surface area contributed by atoms with Crippen LogP contribution in [0, 0.1) is 0 Å². The van der Waals surface area contributed by atoms with E-state index in [2.05, 4.69) is 14.9 Å². The largest absolute Gasteiger partial charge is 0.495 e. The molecule has 3 N–H and O–H groups in total. The molecule has 0 aliphatic heterocycles. The summed E-state index contributed by atoms with van der Waals surface area (Å²) in [6, 6.07) is 4.57. The number of nitrogens with one attached hydrogen (secondary N) is 1. The first kappa shape index (κ1) is 13.8. The topological polar surface area (TPSA) is 107 Å². The van der Waals surface area contributed by atoms with Crippen molar-refractivity contribution in [2.24, 2.45) is 0 Å². The Bertz CT molecular complexity index is 701. The Morgan fingerprint density at radius 3 is 2.74 bits per heavy atom. The molecule has 0 saturated carbocycles. The van der Waals surface area contributed by atoms with Crippen molar-refractivity contribution >= 4 is 43.8 Å². The van der Waals surface area contributed by atoms with Crippen molar-refractivity contribution in [2.75, 3.05) is 17.6 Å². The Morgan fingerprint density at radius 1 is 1.42 bits per heavy atom. The van der Waals surface area contributed by atoms with Gasteiger partial charge in [0.15, 0.2) is 0 Å². The van der Waals surface area contributed by atoms with Crippen LogP contribution < -0.4 is 15.2 Å². The van der Waals surface area contributed by atoms with Gasteiger partial charge in [0.05, 0.1) is 12.8 Å². The van der Waals surface area contributed by atoms with E-state index in [0.717, 1.165) is 11.3 Å². The lowest BCUT2D eigenvalue weighted by molar-refractivity contribution is 0.417. The monoisotopic (exact) mass is 320 g/mol. The highest BCUT2D eigenvalue weighted by Crippen LogP contribution is 2.30. The summed E-state index contributed by atoms with van der Waals surface area (Å²) in [5.74, 6) is 0.338. The SMILES string of the molecule is COc1ccc(Cl)cc1NS(=O)(=O)c1nnc(N)s1. The van der Waals surface area contributed by atoms with Gasteiger partial charge >= 0.3 is 0 Å². The van der Waals surface area contributed by atoms with E-state index < -0.39 is 10.0 Å². The molecule has 19 heavy (non-hydrogen) atoms. The van der Waals surface area contributed by atoms with Crippen molar-refractivity contribution in [3.05, 3.63) is 23.2 Å². The molecule has 0 fully saturated rings. The molecule has 2 rings (SSSR count). The van der Waals surface area contributed by atoms with E-state index in [1.165, 1.54) is 13.2 Å². The molecule has 2 aromatic rings. The third-order valence-corrected chi connectivity index (χ3v) is 4.78. The van der Waals surface area contributed by atoms with Crippen LogP contribution in [-0.4, -0.2) is 25.7 Å². The van der Waals surface area contributed by atoms with Gasteiger partial charge in [0.2, 0.25) is 5.13 Å². The molecule has 0 spiro atoms. The molecule has 1 aromatic heterocycles. The minimum Gasteiger partial charge on any atom is -0.495 e. The highest BCUT2D eigenvalue weighted by Gasteiger charge is 2.21. The van der Waals surface area contributed by atoms with Crippen LogP contribution in [0.15, 0.2) is 22.5 Å². The van der Waals surface area contributed by atoms with Crippen LogP contribution in [-0.2, 0) is 10.0 Å². The molecule has 0 radical (unpaired) electrons. The molecular formula is C9H9ClN4O3S2. The molecule has 0 unspecified atom stereocenters. The van der Waals surface area contributed by atoms with Gasteiger partial charge in [-0.05, 0) is 18.2 Å². The first-order valence-corrected chi connectivity index (χ1v) is 7.55. The summed E-state index contributed by atoms with van der Waals surface area (Å²) in [6.45, 7) is 0. The number of halogens is 1. The molecule has 10 heteroatoms. The third kappa shape index (κ3) is 3.06. The second-order valence-electron chi connectivity index (χ2n) is 3.36. The molecule has 0 bridgehead atoms. The van der Waals surface area contributed by atoms with Crippen molar-refractivity contribution < 1.29 is 13.2 Å². The zero-order valence-corrected chi connectivity index (χ0v) is 12.0. The lowest BCUT2D eigenvalue weighted by atomic mass is 10.3. The molecule has 0 aliphatic carbocycles. The van der Waals surface area contributed by atoms with Crippen LogP contribution in [0.2, 0.25) is 5.02 Å². The van der Waals surface area contributed by atoms with Crippen LogP contribution >= 0.6 is 22.9 Å². The van der Waals surface area contributed by atoms with E-state index in [9.17, 15) is 8.42 Å². The van der Waals surface area contributed by atoms with Crippen molar-refractivity contribution in [1.29, 1.82) is 0 Å². The Kier molecular flexibility index (Phi) is 3.78. The van der Waals surface area contributed by atoms with Crippen molar-refractivity contribution in [3.63, 3.8) is 0 Å². The van der Waals surface area contributed by atoms with E-state index in [0.29, 0.717) is 10.8 Å². The minimum atomic E-state index is -3.87. The molecular weight excluding hydrogens is 312 g/mol. The second-order valence-corrected chi connectivity index (χ2v) is 6.66. The Balaban J connectivity index is 2.38. The highest BCUT2D eigenvalue weighted by atomic mass is 35.5. The molecule has 0 atom stereocenters. The van der Waals surface area contributed by atoms with Crippen molar-refractivity contribution in [1.82, 2.24) is 10.2 Å². The maximum atomic E-state index is 12.0. The van der Waals surface area contributed by atoms with Gasteiger partial charge in [0.1, 0.15) is 5.75 Å². The van der Waals surface area contributed by atoms with E-state index in [-0.39, 0.29) is 15.2 Å². The molecule has 0 saturated heterocycles. The summed E-state index contributed by atoms with van der Waals surface area (Å²) in [5.41, 5.74) is 5.57. The number of rotatable bonds is 4. The van der Waals surface area contributed by atoms with Crippen LogP contribution in [0.1, 0.15) is 0 Å². The molecule has 7 nitrogen and oxygen atoms in total. The van der Waals surface area contributed by atoms with Gasteiger partial charge in [-0.1, -0.05) is 22.9 Å². The summed E-state index contributed by atoms with van der Waals surface area (Å²) in [4.78, 5) is 0. The van der Waals surface area contributed by atoms with E-state index in [4.69, 9.17) is 22.1 Å². The van der Waals surface area contributed by atoms with Gasteiger partial charge in [0, 0.05) is 5.02 Å². The Hall–Kier alpha value is -1.58. The number of nitrogens with zero attached hydrogens (tertiary/aromatic N) is 2. The van der Waals surface area contributed by atoms with Gasteiger partial charge in [-0.2, -0.15) is 8.42 Å². The highest BCUT2D eigenvalue weighted by molar-refractivity contribution is 7.94. The molecule has 0 aliphatic rings. The van der Waals surface area contributed by atoms with Crippen LogP contribution in [0.3, 0.4) is 0 Å². The second kappa shape index (κ2) is 5.19. The maximum Gasteiger partial charge on any atom is 0.291 e. The zero-order valence-electron chi connectivity index (χ0n) is 9.62. The number of sulfonamides is 1. The number of hydrogen-bond acceptors (Lipinski definition) is 7. The number of anilines is 2. The van der Waals surface area contributed by atoms with Crippen LogP contribution in [0.4, 0.5) is 10.8 Å². The van der Waals surface area contributed by atoms with Gasteiger partial charge in [-0.25, -0.2) is 0 Å². The van der Waals surface area contributed by atoms with Crippen molar-refractivity contribution in [2.45, 2.75) is 4.34 Å². The summed E-state index contributed by atoms with van der Waals surface area (Å²) in [5, 5.41) is 7.37. The Morgan fingerprint density at radius 2 is 2.16 bits per heavy atom. The summed E-state index contributed by atoms with van der Waals surface area (Å²) in [7, 11) is -2.44. The number of ether oxygens (including phenoxy) is 1. The van der Waals surface area contributed by atoms with Gasteiger partial charge in [0.25, 0.3) is 14.4 Å². The summed E-state index contributed by atoms with van der Waals surface area (Å²) < 4.78 is 31.2. The van der Waals surface area contributed by atoms with E-state index >= 15 is 0 Å². The van der Waals surface area contributed by atoms with Crippen LogP contribution in [0.5, 0.6) is 5.75 Å².